The number of carbonyl (C=O) groups is 1. The Morgan fingerprint density at radius 2 is 1.91 bits per heavy atom. The summed E-state index contributed by atoms with van der Waals surface area (Å²) in [5.74, 6) is -1.19. The van der Waals surface area contributed by atoms with Crippen LogP contribution in [0.5, 0.6) is 0 Å². The minimum absolute atomic E-state index is 0.0853. The van der Waals surface area contributed by atoms with Crippen LogP contribution in [0.2, 0.25) is 0 Å². The topological polar surface area (TPSA) is 117 Å². The highest BCUT2D eigenvalue weighted by Gasteiger charge is 2.41. The van der Waals surface area contributed by atoms with Gasteiger partial charge in [-0.2, -0.15) is 0 Å². The van der Waals surface area contributed by atoms with Gasteiger partial charge in [0, 0.05) is 44.3 Å². The van der Waals surface area contributed by atoms with E-state index in [0.717, 1.165) is 44.1 Å². The van der Waals surface area contributed by atoms with E-state index in [-0.39, 0.29) is 29.6 Å². The normalized spacial score (nSPS) is 28.2. The molecule has 3 aliphatic rings. The lowest BCUT2D eigenvalue weighted by atomic mass is 10.0. The van der Waals surface area contributed by atoms with Crippen LogP contribution in [-0.2, 0) is 0 Å². The predicted octanol–water partition coefficient (Wildman–Crippen LogP) is 1.51. The molecule has 9 heteroatoms. The lowest BCUT2D eigenvalue weighted by Crippen LogP contribution is -2.46. The summed E-state index contributed by atoms with van der Waals surface area (Å²) < 4.78 is 16.7. The molecule has 5 N–H and O–H groups in total. The van der Waals surface area contributed by atoms with E-state index in [1.54, 1.807) is 0 Å². The van der Waals surface area contributed by atoms with Gasteiger partial charge in [0.15, 0.2) is 5.82 Å². The van der Waals surface area contributed by atoms with Gasteiger partial charge >= 0.3 is 5.97 Å². The molecule has 1 saturated carbocycles. The van der Waals surface area contributed by atoms with Crippen molar-refractivity contribution in [1.82, 2.24) is 9.30 Å². The van der Waals surface area contributed by atoms with Crippen LogP contribution in [0.1, 0.15) is 53.6 Å². The molecule has 5 rings (SSSR count). The molecule has 1 aliphatic carbocycles. The summed E-state index contributed by atoms with van der Waals surface area (Å²) in [5.41, 5.74) is 14.4. The Balaban J connectivity index is 1.56. The summed E-state index contributed by atoms with van der Waals surface area (Å²) in [6, 6.07) is 1.57. The lowest BCUT2D eigenvalue weighted by molar-refractivity contribution is 0.0694. The van der Waals surface area contributed by atoms with Crippen molar-refractivity contribution < 1.29 is 14.3 Å². The molecule has 2 aliphatic heterocycles. The summed E-state index contributed by atoms with van der Waals surface area (Å²) in [5, 5.41) is 9.49. The fraction of sp³-hybridized carbons (Fsp3) is 0.583. The molecule has 0 spiro atoms. The standard InChI is InChI=1S/C24H32FN5O3/c1-3-13-7-28(9-18(13)26)20-11-29(10-19(20)27)22-12(2)21-15(14-4-5-14)6-16(24(32)33)23(31)30(21)8-17(22)25/h6,8,13-14,18-20H,3-5,7,9-11,26-27H2,1-2H3,(H,32,33)/t13-,18+,19?,20?/m0/s1. The summed E-state index contributed by atoms with van der Waals surface area (Å²) in [4.78, 5) is 28.8. The Bertz CT molecular complexity index is 1180. The number of carboxylic acids is 1. The van der Waals surface area contributed by atoms with Gasteiger partial charge in [-0.1, -0.05) is 13.3 Å². The highest BCUT2D eigenvalue weighted by Crippen LogP contribution is 2.44. The molecule has 178 valence electrons. The minimum atomic E-state index is -1.29. The first kappa shape index (κ1) is 22.3. The molecule has 4 atom stereocenters. The monoisotopic (exact) mass is 457 g/mol. The summed E-state index contributed by atoms with van der Waals surface area (Å²) >= 11 is 0. The largest absolute Gasteiger partial charge is 0.477 e. The van der Waals surface area contributed by atoms with Crippen molar-refractivity contribution in [3.63, 3.8) is 0 Å². The zero-order valence-electron chi connectivity index (χ0n) is 19.1. The van der Waals surface area contributed by atoms with Crippen molar-refractivity contribution >= 4 is 17.2 Å². The summed E-state index contributed by atoms with van der Waals surface area (Å²) in [6.45, 7) is 6.77. The number of anilines is 1. The number of hydrogen-bond acceptors (Lipinski definition) is 6. The van der Waals surface area contributed by atoms with E-state index >= 15 is 4.39 Å². The first-order chi connectivity index (χ1) is 15.7. The van der Waals surface area contributed by atoms with Gasteiger partial charge in [0.25, 0.3) is 5.56 Å². The average molecular weight is 458 g/mol. The number of hydrogen-bond donors (Lipinski definition) is 3. The summed E-state index contributed by atoms with van der Waals surface area (Å²) in [6.07, 6.45) is 4.04. The van der Waals surface area contributed by atoms with Gasteiger partial charge in [0.05, 0.1) is 17.4 Å². The van der Waals surface area contributed by atoms with Crippen LogP contribution in [0, 0.1) is 18.7 Å². The fourth-order valence-electron chi connectivity index (χ4n) is 5.90. The SMILES string of the molecule is CC[C@H]1CN(C2CN(c3c(F)cn4c(=O)c(C(=O)O)cc(C5CC5)c4c3C)CC2N)C[C@H]1N. The van der Waals surface area contributed by atoms with Gasteiger partial charge < -0.3 is 21.5 Å². The van der Waals surface area contributed by atoms with E-state index in [1.165, 1.54) is 10.5 Å². The smallest absolute Gasteiger partial charge is 0.341 e. The van der Waals surface area contributed by atoms with Crippen molar-refractivity contribution in [2.24, 2.45) is 17.4 Å². The van der Waals surface area contributed by atoms with Crippen LogP contribution in [0.4, 0.5) is 10.1 Å². The number of aryl methyl sites for hydroxylation is 1. The van der Waals surface area contributed by atoms with Crippen molar-refractivity contribution in [3.05, 3.63) is 45.1 Å². The van der Waals surface area contributed by atoms with E-state index in [4.69, 9.17) is 11.5 Å². The maximum absolute atomic E-state index is 15.5. The molecule has 0 bridgehead atoms. The molecule has 0 aromatic carbocycles. The molecular weight excluding hydrogens is 425 g/mol. The van der Waals surface area contributed by atoms with E-state index in [0.29, 0.717) is 35.8 Å². The molecule has 2 saturated heterocycles. The highest BCUT2D eigenvalue weighted by atomic mass is 19.1. The Kier molecular flexibility index (Phi) is 5.46. The van der Waals surface area contributed by atoms with Gasteiger partial charge in [-0.05, 0) is 48.8 Å². The van der Waals surface area contributed by atoms with Crippen molar-refractivity contribution in [1.29, 1.82) is 0 Å². The molecular formula is C24H32FN5O3. The number of aromatic nitrogens is 1. The number of aromatic carboxylic acids is 1. The number of nitrogens with zero attached hydrogens (tertiary/aromatic N) is 3. The van der Waals surface area contributed by atoms with Crippen LogP contribution >= 0.6 is 0 Å². The van der Waals surface area contributed by atoms with E-state index in [9.17, 15) is 14.7 Å². The number of halogens is 1. The van der Waals surface area contributed by atoms with E-state index < -0.39 is 17.3 Å². The molecule has 2 aromatic rings. The zero-order valence-corrected chi connectivity index (χ0v) is 19.1. The molecule has 2 unspecified atom stereocenters. The quantitative estimate of drug-likeness (QED) is 0.623. The molecule has 0 radical (unpaired) electrons. The van der Waals surface area contributed by atoms with Crippen LogP contribution in [-0.4, -0.2) is 64.7 Å². The maximum Gasteiger partial charge on any atom is 0.341 e. The Labute approximate surface area is 191 Å². The van der Waals surface area contributed by atoms with Crippen molar-refractivity contribution in [2.75, 3.05) is 31.1 Å². The number of rotatable bonds is 5. The fourth-order valence-corrected chi connectivity index (χ4v) is 5.90. The molecule has 0 amide bonds. The number of likely N-dealkylation sites (tertiary alicyclic amines) is 1. The Morgan fingerprint density at radius 1 is 1.18 bits per heavy atom. The third-order valence-electron chi connectivity index (χ3n) is 7.85. The van der Waals surface area contributed by atoms with Gasteiger partial charge in [-0.15, -0.1) is 0 Å². The van der Waals surface area contributed by atoms with Crippen LogP contribution in [0.3, 0.4) is 0 Å². The zero-order chi connectivity index (χ0) is 23.6. The van der Waals surface area contributed by atoms with E-state index in [2.05, 4.69) is 11.8 Å². The van der Waals surface area contributed by atoms with Gasteiger partial charge in [-0.3, -0.25) is 14.1 Å². The van der Waals surface area contributed by atoms with Crippen molar-refractivity contribution in [3.8, 4) is 0 Å². The van der Waals surface area contributed by atoms with Gasteiger partial charge in [0.1, 0.15) is 5.56 Å². The average Bonchev–Trinajstić information content (AvgIpc) is 3.44. The molecule has 33 heavy (non-hydrogen) atoms. The highest BCUT2D eigenvalue weighted by molar-refractivity contribution is 5.89. The first-order valence-corrected chi connectivity index (χ1v) is 11.8. The first-order valence-electron chi connectivity index (χ1n) is 11.8. The van der Waals surface area contributed by atoms with E-state index in [1.807, 2.05) is 11.8 Å². The molecule has 4 heterocycles. The van der Waals surface area contributed by atoms with Crippen LogP contribution in [0.25, 0.3) is 5.52 Å². The predicted molar refractivity (Wildman–Crippen MR) is 125 cm³/mol. The number of fused-ring (bicyclic) bond motifs is 1. The summed E-state index contributed by atoms with van der Waals surface area (Å²) in [7, 11) is 0. The Hall–Kier alpha value is -2.49. The van der Waals surface area contributed by atoms with Crippen LogP contribution in [0.15, 0.2) is 17.1 Å². The second-order valence-electron chi connectivity index (χ2n) is 9.99. The number of pyridine rings is 2. The molecule has 3 fully saturated rings. The van der Waals surface area contributed by atoms with Crippen LogP contribution < -0.4 is 21.9 Å². The number of nitrogens with two attached hydrogens (primary N) is 2. The van der Waals surface area contributed by atoms with Gasteiger partial charge in [0.2, 0.25) is 0 Å². The maximum atomic E-state index is 15.5. The van der Waals surface area contributed by atoms with Crippen molar-refractivity contribution in [2.45, 2.75) is 57.2 Å². The number of carboxylic acid groups (broad SMARTS) is 1. The second-order valence-corrected chi connectivity index (χ2v) is 9.99. The molecule has 8 nitrogen and oxygen atoms in total. The van der Waals surface area contributed by atoms with Gasteiger partial charge in [-0.25, -0.2) is 9.18 Å². The Morgan fingerprint density at radius 3 is 2.52 bits per heavy atom. The second kappa shape index (κ2) is 8.07. The molecule has 2 aromatic heterocycles. The lowest BCUT2D eigenvalue weighted by Gasteiger charge is -2.27. The third kappa shape index (κ3) is 3.62. The minimum Gasteiger partial charge on any atom is -0.477 e. The third-order valence-corrected chi connectivity index (χ3v) is 7.85.